The highest BCUT2D eigenvalue weighted by Crippen LogP contribution is 2.20. The molecule has 17 heavy (non-hydrogen) atoms. The number of nitrogens with one attached hydrogen (secondary N) is 1. The summed E-state index contributed by atoms with van der Waals surface area (Å²) < 4.78 is 0. The second-order valence-electron chi connectivity index (χ2n) is 5.16. The molecule has 2 aliphatic heterocycles. The molecular weight excluding hydrogens is 216 g/mol. The smallest absolute Gasteiger partial charge is 0.233 e. The molecule has 0 bridgehead atoms. The van der Waals surface area contributed by atoms with E-state index >= 15 is 0 Å². The summed E-state index contributed by atoms with van der Waals surface area (Å²) in [5, 5.41) is 0. The normalized spacial score (nSPS) is 26.5. The van der Waals surface area contributed by atoms with Gasteiger partial charge in [-0.3, -0.25) is 15.1 Å². The van der Waals surface area contributed by atoms with E-state index in [9.17, 15) is 4.79 Å². The standard InChI is InChI=1S/C12H24N4O/c13-14-12(17)4-3-6-15-9-5-11(10-15)16-7-1-2-8-16/h11H,1-10,13H2,(H,14,17). The predicted octanol–water partition coefficient (Wildman–Crippen LogP) is -0.0734. The highest BCUT2D eigenvalue weighted by molar-refractivity contribution is 5.75. The van der Waals surface area contributed by atoms with Gasteiger partial charge in [-0.05, 0) is 51.9 Å². The van der Waals surface area contributed by atoms with Gasteiger partial charge < -0.3 is 4.90 Å². The molecule has 1 atom stereocenters. The number of hydrogen-bond acceptors (Lipinski definition) is 4. The van der Waals surface area contributed by atoms with E-state index in [0.29, 0.717) is 6.42 Å². The van der Waals surface area contributed by atoms with Crippen LogP contribution in [-0.2, 0) is 4.79 Å². The summed E-state index contributed by atoms with van der Waals surface area (Å²) >= 11 is 0. The molecule has 0 radical (unpaired) electrons. The number of carbonyl (C=O) groups excluding carboxylic acids is 1. The van der Waals surface area contributed by atoms with Gasteiger partial charge in [-0.25, -0.2) is 5.84 Å². The topological polar surface area (TPSA) is 61.6 Å². The lowest BCUT2D eigenvalue weighted by atomic mass is 10.2. The molecule has 2 aliphatic rings. The summed E-state index contributed by atoms with van der Waals surface area (Å²) in [5.41, 5.74) is 2.18. The number of rotatable bonds is 5. The predicted molar refractivity (Wildman–Crippen MR) is 67.2 cm³/mol. The largest absolute Gasteiger partial charge is 0.302 e. The first-order valence-corrected chi connectivity index (χ1v) is 6.75. The summed E-state index contributed by atoms with van der Waals surface area (Å²) in [6.07, 6.45) is 5.49. The molecule has 0 spiro atoms. The van der Waals surface area contributed by atoms with E-state index in [-0.39, 0.29) is 5.91 Å². The van der Waals surface area contributed by atoms with Gasteiger partial charge in [0.05, 0.1) is 0 Å². The third-order valence-corrected chi connectivity index (χ3v) is 3.94. The molecule has 98 valence electrons. The summed E-state index contributed by atoms with van der Waals surface area (Å²) in [7, 11) is 0. The van der Waals surface area contributed by atoms with Crippen molar-refractivity contribution in [3.05, 3.63) is 0 Å². The van der Waals surface area contributed by atoms with Crippen molar-refractivity contribution in [2.75, 3.05) is 32.7 Å². The quantitative estimate of drug-likeness (QED) is 0.401. The molecule has 3 N–H and O–H groups in total. The molecule has 0 saturated carbocycles. The van der Waals surface area contributed by atoms with Gasteiger partial charge in [0.2, 0.25) is 5.91 Å². The van der Waals surface area contributed by atoms with Gasteiger partial charge >= 0.3 is 0 Å². The number of hydrazine groups is 1. The van der Waals surface area contributed by atoms with Crippen molar-refractivity contribution in [2.45, 2.75) is 38.1 Å². The van der Waals surface area contributed by atoms with Gasteiger partial charge in [-0.2, -0.15) is 0 Å². The Morgan fingerprint density at radius 3 is 2.76 bits per heavy atom. The van der Waals surface area contributed by atoms with Crippen molar-refractivity contribution >= 4 is 5.91 Å². The third-order valence-electron chi connectivity index (χ3n) is 3.94. The molecule has 2 fully saturated rings. The Balaban J connectivity index is 1.62. The summed E-state index contributed by atoms with van der Waals surface area (Å²) in [6, 6.07) is 0.765. The first kappa shape index (κ1) is 12.8. The molecule has 2 saturated heterocycles. The molecule has 0 aromatic rings. The maximum Gasteiger partial charge on any atom is 0.233 e. The molecule has 2 rings (SSSR count). The molecule has 0 aromatic heterocycles. The fourth-order valence-electron chi connectivity index (χ4n) is 2.96. The SMILES string of the molecule is NNC(=O)CCCN1CCC(N2CCCC2)C1. The van der Waals surface area contributed by atoms with Crippen molar-refractivity contribution in [3.8, 4) is 0 Å². The van der Waals surface area contributed by atoms with Crippen LogP contribution < -0.4 is 11.3 Å². The van der Waals surface area contributed by atoms with Crippen LogP contribution in [0.15, 0.2) is 0 Å². The maximum atomic E-state index is 11.0. The monoisotopic (exact) mass is 240 g/mol. The molecule has 1 unspecified atom stereocenters. The lowest BCUT2D eigenvalue weighted by molar-refractivity contribution is -0.121. The molecular formula is C12H24N4O. The van der Waals surface area contributed by atoms with Gasteiger partial charge in [0.25, 0.3) is 0 Å². The highest BCUT2D eigenvalue weighted by atomic mass is 16.2. The Morgan fingerprint density at radius 2 is 2.06 bits per heavy atom. The van der Waals surface area contributed by atoms with E-state index in [1.807, 2.05) is 0 Å². The van der Waals surface area contributed by atoms with Crippen LogP contribution in [0.25, 0.3) is 0 Å². The number of nitrogens with two attached hydrogens (primary N) is 1. The van der Waals surface area contributed by atoms with Crippen molar-refractivity contribution in [1.29, 1.82) is 0 Å². The van der Waals surface area contributed by atoms with Gasteiger partial charge in [-0.15, -0.1) is 0 Å². The average molecular weight is 240 g/mol. The van der Waals surface area contributed by atoms with Crippen LogP contribution in [0.5, 0.6) is 0 Å². The second-order valence-corrected chi connectivity index (χ2v) is 5.16. The minimum Gasteiger partial charge on any atom is -0.302 e. The summed E-state index contributed by atoms with van der Waals surface area (Å²) in [4.78, 5) is 16.1. The van der Waals surface area contributed by atoms with Crippen molar-refractivity contribution in [2.24, 2.45) is 5.84 Å². The van der Waals surface area contributed by atoms with Gasteiger partial charge in [0.1, 0.15) is 0 Å². The van der Waals surface area contributed by atoms with E-state index < -0.39 is 0 Å². The molecule has 1 amide bonds. The number of hydrogen-bond donors (Lipinski definition) is 2. The van der Waals surface area contributed by atoms with Gasteiger partial charge in [0, 0.05) is 19.0 Å². The second kappa shape index (κ2) is 6.33. The molecule has 2 heterocycles. The fraction of sp³-hybridized carbons (Fsp3) is 0.917. The molecule has 5 heteroatoms. The van der Waals surface area contributed by atoms with E-state index in [4.69, 9.17) is 5.84 Å². The minimum absolute atomic E-state index is 0.0553. The number of amides is 1. The van der Waals surface area contributed by atoms with Crippen LogP contribution in [-0.4, -0.2) is 54.5 Å². The molecule has 5 nitrogen and oxygen atoms in total. The Labute approximate surface area is 103 Å². The summed E-state index contributed by atoms with van der Waals surface area (Å²) in [5.74, 6) is 5.00. The van der Waals surface area contributed by atoms with Crippen molar-refractivity contribution in [1.82, 2.24) is 15.2 Å². The lowest BCUT2D eigenvalue weighted by Crippen LogP contribution is -2.35. The van der Waals surface area contributed by atoms with E-state index in [1.165, 1.54) is 45.4 Å². The number of likely N-dealkylation sites (tertiary alicyclic amines) is 2. The Hall–Kier alpha value is -0.650. The zero-order chi connectivity index (χ0) is 12.1. The van der Waals surface area contributed by atoms with Crippen LogP contribution in [0.2, 0.25) is 0 Å². The van der Waals surface area contributed by atoms with E-state index in [2.05, 4.69) is 15.2 Å². The highest BCUT2D eigenvalue weighted by Gasteiger charge is 2.28. The van der Waals surface area contributed by atoms with E-state index in [1.54, 1.807) is 0 Å². The first-order chi connectivity index (χ1) is 8.29. The zero-order valence-electron chi connectivity index (χ0n) is 10.5. The Morgan fingerprint density at radius 1 is 1.29 bits per heavy atom. The Bertz CT molecular complexity index is 253. The van der Waals surface area contributed by atoms with Crippen LogP contribution in [0.3, 0.4) is 0 Å². The minimum atomic E-state index is -0.0553. The first-order valence-electron chi connectivity index (χ1n) is 6.75. The van der Waals surface area contributed by atoms with Crippen LogP contribution in [0, 0.1) is 0 Å². The van der Waals surface area contributed by atoms with Crippen molar-refractivity contribution in [3.63, 3.8) is 0 Å². The molecule has 0 aliphatic carbocycles. The summed E-state index contributed by atoms with van der Waals surface area (Å²) in [6.45, 7) is 5.97. The molecule has 0 aromatic carbocycles. The van der Waals surface area contributed by atoms with Crippen LogP contribution >= 0.6 is 0 Å². The van der Waals surface area contributed by atoms with Crippen LogP contribution in [0.1, 0.15) is 32.1 Å². The Kier molecular flexibility index (Phi) is 4.76. The number of carbonyl (C=O) groups is 1. The number of nitrogens with zero attached hydrogens (tertiary/aromatic N) is 2. The van der Waals surface area contributed by atoms with Crippen LogP contribution in [0.4, 0.5) is 0 Å². The van der Waals surface area contributed by atoms with Gasteiger partial charge in [0.15, 0.2) is 0 Å². The zero-order valence-corrected chi connectivity index (χ0v) is 10.5. The van der Waals surface area contributed by atoms with Gasteiger partial charge in [-0.1, -0.05) is 0 Å². The average Bonchev–Trinajstić information content (AvgIpc) is 2.98. The maximum absolute atomic E-state index is 11.0. The fourth-order valence-corrected chi connectivity index (χ4v) is 2.96. The third kappa shape index (κ3) is 3.66. The lowest BCUT2D eigenvalue weighted by Gasteiger charge is -2.23. The van der Waals surface area contributed by atoms with E-state index in [0.717, 1.165) is 19.0 Å². The van der Waals surface area contributed by atoms with Crippen molar-refractivity contribution < 1.29 is 4.79 Å².